The van der Waals surface area contributed by atoms with Crippen LogP contribution in [0, 0.1) is 0 Å². The predicted molar refractivity (Wildman–Crippen MR) is 210 cm³/mol. The molecule has 4 aliphatic rings. The number of nitrogens with one attached hydrogen (secondary N) is 2. The molecule has 0 aliphatic carbocycles. The molecule has 16 heteroatoms. The van der Waals surface area contributed by atoms with Gasteiger partial charge < -0.3 is 39.1 Å². The van der Waals surface area contributed by atoms with E-state index in [1.54, 1.807) is 69.0 Å². The van der Waals surface area contributed by atoms with Crippen LogP contribution in [0.1, 0.15) is 38.5 Å². The number of pyridine rings is 2. The molecule has 3 N–H and O–H groups in total. The van der Waals surface area contributed by atoms with E-state index < -0.39 is 24.6 Å². The van der Waals surface area contributed by atoms with Crippen molar-refractivity contribution in [1.82, 2.24) is 40.2 Å². The minimum absolute atomic E-state index is 0.0374. The second-order valence-corrected chi connectivity index (χ2v) is 15.9. The highest BCUT2D eigenvalue weighted by atomic mass is 19.1. The predicted octanol–water partition coefficient (Wildman–Crippen LogP) is 5.02. The van der Waals surface area contributed by atoms with Crippen LogP contribution in [0.15, 0.2) is 76.6 Å². The van der Waals surface area contributed by atoms with Gasteiger partial charge in [-0.2, -0.15) is 0 Å². The standard InChI is InChI=1S/C42H40F2N8O6/c1-51-11-9-20-13-32(53)26(17-24(20)41(51)54)31-19-36(40(50-48-31)58-35-16-23-4-6-30(46-23)39(35)44)56-33-14-21-10-12-52(2)42(55)25(21)18-27(33)28-7-8-37(49-47-28)57-34-15-22-3-5-29(45-22)38(34)43/h7-14,17-19,22-23,29-30,34-35,38-39,45-46,53H,3-6,15-16H2,1-2H3/t22?,23?,29?,30?,34-,35+,38+,39-/m1/s1. The number of aromatic nitrogens is 6. The number of alkyl halides is 2. The van der Waals surface area contributed by atoms with E-state index in [2.05, 4.69) is 31.0 Å². The molecular weight excluding hydrogens is 751 g/mol. The van der Waals surface area contributed by atoms with E-state index in [0.717, 1.165) is 19.3 Å². The molecule has 4 fully saturated rings. The van der Waals surface area contributed by atoms with Crippen LogP contribution in [0.5, 0.6) is 29.0 Å². The Morgan fingerprint density at radius 1 is 0.672 bits per heavy atom. The lowest BCUT2D eigenvalue weighted by atomic mass is 10.0. The molecule has 14 nitrogen and oxygen atoms in total. The molecule has 4 unspecified atom stereocenters. The molecule has 4 saturated heterocycles. The number of benzene rings is 2. The largest absolute Gasteiger partial charge is 0.507 e. The van der Waals surface area contributed by atoms with Gasteiger partial charge in [-0.25, -0.2) is 8.78 Å². The molecular formula is C42H40F2N8O6. The molecule has 0 spiro atoms. The Morgan fingerprint density at radius 2 is 1.28 bits per heavy atom. The van der Waals surface area contributed by atoms with Crippen LogP contribution in [0.25, 0.3) is 44.1 Å². The topological polar surface area (TPSA) is 168 Å². The van der Waals surface area contributed by atoms with Crippen molar-refractivity contribution >= 4 is 21.5 Å². The molecule has 4 aliphatic heterocycles. The van der Waals surface area contributed by atoms with Gasteiger partial charge in [-0.05, 0) is 78.9 Å². The third-order valence-corrected chi connectivity index (χ3v) is 12.1. The lowest BCUT2D eigenvalue weighted by Crippen LogP contribution is -2.51. The number of rotatable bonds is 8. The summed E-state index contributed by atoms with van der Waals surface area (Å²) in [4.78, 5) is 26.5. The minimum Gasteiger partial charge on any atom is -0.507 e. The fraction of sp³-hybridized carbons (Fsp3) is 0.381. The maximum atomic E-state index is 15.8. The number of halogens is 2. The Labute approximate surface area is 329 Å². The Bertz CT molecular complexity index is 2710. The van der Waals surface area contributed by atoms with Crippen LogP contribution < -0.4 is 36.0 Å². The summed E-state index contributed by atoms with van der Waals surface area (Å²) < 4.78 is 52.8. The number of piperidine rings is 2. The van der Waals surface area contributed by atoms with E-state index >= 15 is 8.78 Å². The van der Waals surface area contributed by atoms with Crippen molar-refractivity contribution in [3.63, 3.8) is 0 Å². The average Bonchev–Trinajstić information content (AvgIpc) is 3.84. The molecule has 4 bridgehead atoms. The maximum absolute atomic E-state index is 15.8. The molecule has 6 aromatic rings. The fourth-order valence-corrected chi connectivity index (χ4v) is 8.97. The minimum atomic E-state index is -1.31. The molecule has 58 heavy (non-hydrogen) atoms. The van der Waals surface area contributed by atoms with Crippen LogP contribution in [0.4, 0.5) is 8.78 Å². The summed E-state index contributed by atoms with van der Waals surface area (Å²) in [6, 6.07) is 14.3. The van der Waals surface area contributed by atoms with Crippen molar-refractivity contribution in [1.29, 1.82) is 0 Å². The first-order valence-electron chi connectivity index (χ1n) is 19.6. The lowest BCUT2D eigenvalue weighted by molar-refractivity contribution is 0.0405. The Hall–Kier alpha value is -6.00. The van der Waals surface area contributed by atoms with Gasteiger partial charge in [0.2, 0.25) is 5.88 Å². The van der Waals surface area contributed by atoms with Crippen molar-refractivity contribution in [2.75, 3.05) is 0 Å². The van der Waals surface area contributed by atoms with Gasteiger partial charge in [0.1, 0.15) is 29.4 Å². The van der Waals surface area contributed by atoms with Crippen LogP contribution in [-0.4, -0.2) is 83.4 Å². The SMILES string of the molecule is Cn1ccc2cc(O)c(-c3cc(Oc4cc5ccn(C)c(=O)c5cc4-c4ccc(O[C@@H]5CC6CCC(N6)[C@@H]5F)nn4)c(O[C@H]4CC5CCC(N5)[C@H]4F)nn3)cc2c1=O. The third-order valence-electron chi connectivity index (χ3n) is 12.1. The van der Waals surface area contributed by atoms with Gasteiger partial charge >= 0.3 is 0 Å². The zero-order chi connectivity index (χ0) is 39.8. The van der Waals surface area contributed by atoms with E-state index in [0.29, 0.717) is 52.1 Å². The van der Waals surface area contributed by atoms with Gasteiger partial charge in [0.05, 0.1) is 5.69 Å². The number of phenols is 1. The fourth-order valence-electron chi connectivity index (χ4n) is 8.97. The summed E-state index contributed by atoms with van der Waals surface area (Å²) in [5.41, 5.74) is 0.548. The number of phenolic OH excluding ortho intramolecular Hbond substituents is 1. The summed E-state index contributed by atoms with van der Waals surface area (Å²) >= 11 is 0. The number of aromatic hydroxyl groups is 1. The van der Waals surface area contributed by atoms with Gasteiger partial charge in [0, 0.05) is 97.5 Å². The van der Waals surface area contributed by atoms with Gasteiger partial charge in [0.15, 0.2) is 18.1 Å². The van der Waals surface area contributed by atoms with Crippen molar-refractivity contribution in [3.8, 4) is 51.5 Å². The molecule has 10 rings (SSSR count). The van der Waals surface area contributed by atoms with Gasteiger partial charge in [-0.15, -0.1) is 20.4 Å². The highest BCUT2D eigenvalue weighted by molar-refractivity contribution is 5.91. The highest BCUT2D eigenvalue weighted by Crippen LogP contribution is 2.42. The second kappa shape index (κ2) is 14.1. The van der Waals surface area contributed by atoms with E-state index in [-0.39, 0.29) is 75.6 Å². The Balaban J connectivity index is 1.06. The molecule has 8 atom stereocenters. The zero-order valence-corrected chi connectivity index (χ0v) is 31.6. The smallest absolute Gasteiger partial charge is 0.277 e. The van der Waals surface area contributed by atoms with Crippen molar-refractivity contribution in [2.24, 2.45) is 14.1 Å². The first-order valence-corrected chi connectivity index (χ1v) is 19.6. The summed E-state index contributed by atoms with van der Waals surface area (Å²) in [6.07, 6.45) is 3.39. The van der Waals surface area contributed by atoms with E-state index in [1.807, 2.05) is 0 Å². The van der Waals surface area contributed by atoms with Gasteiger partial charge in [0.25, 0.3) is 17.0 Å². The molecule has 0 saturated carbocycles. The normalized spacial score (nSPS) is 26.3. The van der Waals surface area contributed by atoms with E-state index in [9.17, 15) is 14.7 Å². The second-order valence-electron chi connectivity index (χ2n) is 15.9. The molecule has 0 amide bonds. The zero-order valence-electron chi connectivity index (χ0n) is 31.6. The van der Waals surface area contributed by atoms with Crippen LogP contribution in [0.3, 0.4) is 0 Å². The monoisotopic (exact) mass is 790 g/mol. The first-order chi connectivity index (χ1) is 28.1. The molecule has 298 valence electrons. The van der Waals surface area contributed by atoms with Gasteiger partial charge in [-0.1, -0.05) is 0 Å². The highest BCUT2D eigenvalue weighted by Gasteiger charge is 2.45. The summed E-state index contributed by atoms with van der Waals surface area (Å²) in [7, 11) is 3.29. The summed E-state index contributed by atoms with van der Waals surface area (Å²) in [6.45, 7) is 0. The first kappa shape index (κ1) is 36.3. The number of fused-ring (bicyclic) bond motifs is 6. The number of hydrogen-bond donors (Lipinski definition) is 3. The maximum Gasteiger partial charge on any atom is 0.277 e. The third kappa shape index (κ3) is 6.40. The van der Waals surface area contributed by atoms with Crippen molar-refractivity contribution in [3.05, 3.63) is 87.7 Å². The van der Waals surface area contributed by atoms with Crippen LogP contribution in [0.2, 0.25) is 0 Å². The van der Waals surface area contributed by atoms with Crippen molar-refractivity contribution < 1.29 is 28.1 Å². The lowest BCUT2D eigenvalue weighted by Gasteiger charge is -2.32. The van der Waals surface area contributed by atoms with E-state index in [4.69, 9.17) is 14.2 Å². The molecule has 8 heterocycles. The quantitative estimate of drug-likeness (QED) is 0.189. The Morgan fingerprint density at radius 3 is 1.91 bits per heavy atom. The Kier molecular flexibility index (Phi) is 8.85. The molecule has 4 aromatic heterocycles. The summed E-state index contributed by atoms with van der Waals surface area (Å²) in [5, 5.41) is 37.1. The number of nitrogens with zero attached hydrogens (tertiary/aromatic N) is 6. The molecule has 0 radical (unpaired) electrons. The van der Waals surface area contributed by atoms with Gasteiger partial charge in [-0.3, -0.25) is 9.59 Å². The average molecular weight is 791 g/mol. The van der Waals surface area contributed by atoms with Crippen molar-refractivity contribution in [2.45, 2.75) is 87.2 Å². The van der Waals surface area contributed by atoms with E-state index in [1.165, 1.54) is 21.3 Å². The number of hydrogen-bond acceptors (Lipinski definition) is 12. The molecule has 2 aromatic carbocycles. The van der Waals surface area contributed by atoms with Crippen LogP contribution >= 0.6 is 0 Å². The van der Waals surface area contributed by atoms with Crippen LogP contribution in [-0.2, 0) is 14.1 Å². The number of ether oxygens (including phenoxy) is 3. The number of aryl methyl sites for hydroxylation is 2. The summed E-state index contributed by atoms with van der Waals surface area (Å²) in [5.74, 6) is 0.192.